The Kier molecular flexibility index (Phi) is 5.71. The van der Waals surface area contributed by atoms with Crippen molar-refractivity contribution < 1.29 is 19.2 Å². The molecule has 2 aliphatic rings. The van der Waals surface area contributed by atoms with E-state index >= 15 is 0 Å². The molecule has 2 amide bonds. The van der Waals surface area contributed by atoms with Gasteiger partial charge in [-0.05, 0) is 24.3 Å². The summed E-state index contributed by atoms with van der Waals surface area (Å²) in [5, 5.41) is 3.60. The van der Waals surface area contributed by atoms with E-state index < -0.39 is 0 Å². The molecule has 0 bridgehead atoms. The Bertz CT molecular complexity index is 587. The van der Waals surface area contributed by atoms with E-state index in [-0.39, 0.29) is 24.2 Å². The van der Waals surface area contributed by atoms with Crippen LogP contribution in [0.25, 0.3) is 0 Å². The number of rotatable bonds is 5. The second-order valence-electron chi connectivity index (χ2n) is 6.29. The van der Waals surface area contributed by atoms with Crippen molar-refractivity contribution in [3.8, 4) is 0 Å². The normalized spacial score (nSPS) is 22.0. The van der Waals surface area contributed by atoms with Crippen LogP contribution < -0.4 is 15.1 Å². The Balaban J connectivity index is 1.47. The standard InChI is InChI=1S/C17H22ClN3O3/c18-14-1-3-15(4-2-14)21-12-13(11-16(21)22)17(23)19-5-6-20-7-9-24-10-8-20/h1-4,13H,5-12H2,(H,19,23)/p+1/t13-/m0/s1. The Labute approximate surface area is 146 Å². The Morgan fingerprint density at radius 1 is 1.29 bits per heavy atom. The second kappa shape index (κ2) is 7.96. The number of nitrogens with one attached hydrogen (secondary N) is 2. The fourth-order valence-corrected chi connectivity index (χ4v) is 3.30. The van der Waals surface area contributed by atoms with Gasteiger partial charge in [-0.3, -0.25) is 9.59 Å². The zero-order valence-electron chi connectivity index (χ0n) is 13.6. The van der Waals surface area contributed by atoms with Crippen LogP contribution in [0.5, 0.6) is 0 Å². The average molecular weight is 353 g/mol. The summed E-state index contributed by atoms with van der Waals surface area (Å²) in [5.41, 5.74) is 0.789. The predicted molar refractivity (Wildman–Crippen MR) is 91.3 cm³/mol. The lowest BCUT2D eigenvalue weighted by Gasteiger charge is -2.24. The Hall–Kier alpha value is -1.63. The molecule has 0 aliphatic carbocycles. The van der Waals surface area contributed by atoms with Crippen molar-refractivity contribution in [2.24, 2.45) is 5.92 Å². The van der Waals surface area contributed by atoms with Crippen LogP contribution in [0.2, 0.25) is 5.02 Å². The van der Waals surface area contributed by atoms with Gasteiger partial charge in [0.1, 0.15) is 13.1 Å². The number of halogens is 1. The molecule has 2 aliphatic heterocycles. The average Bonchev–Trinajstić information content (AvgIpc) is 2.98. The maximum Gasteiger partial charge on any atom is 0.227 e. The van der Waals surface area contributed by atoms with Gasteiger partial charge in [-0.15, -0.1) is 0 Å². The minimum atomic E-state index is -0.284. The number of benzene rings is 1. The number of morpholine rings is 1. The summed E-state index contributed by atoms with van der Waals surface area (Å²) in [5.74, 6) is -0.336. The molecule has 2 heterocycles. The van der Waals surface area contributed by atoms with Gasteiger partial charge < -0.3 is 19.9 Å². The third kappa shape index (κ3) is 4.26. The van der Waals surface area contributed by atoms with Crippen LogP contribution in [0.15, 0.2) is 24.3 Å². The summed E-state index contributed by atoms with van der Waals surface area (Å²) < 4.78 is 5.32. The van der Waals surface area contributed by atoms with E-state index in [4.69, 9.17) is 16.3 Å². The first-order valence-corrected chi connectivity index (χ1v) is 8.76. The number of anilines is 1. The fourth-order valence-electron chi connectivity index (χ4n) is 3.17. The molecule has 1 aromatic carbocycles. The van der Waals surface area contributed by atoms with Crippen LogP contribution >= 0.6 is 11.6 Å². The lowest BCUT2D eigenvalue weighted by atomic mass is 10.1. The summed E-state index contributed by atoms with van der Waals surface area (Å²) in [6, 6.07) is 7.12. The highest BCUT2D eigenvalue weighted by atomic mass is 35.5. The number of carbonyl (C=O) groups is 2. The van der Waals surface area contributed by atoms with Gasteiger partial charge in [-0.1, -0.05) is 11.6 Å². The summed E-state index contributed by atoms with van der Waals surface area (Å²) in [6.07, 6.45) is 0.263. The molecule has 2 saturated heterocycles. The molecule has 2 fully saturated rings. The van der Waals surface area contributed by atoms with Crippen LogP contribution in [0, 0.1) is 5.92 Å². The molecule has 0 unspecified atom stereocenters. The van der Waals surface area contributed by atoms with E-state index in [2.05, 4.69) is 5.32 Å². The SMILES string of the molecule is O=C(NCC[NH+]1CCOCC1)[C@H]1CC(=O)N(c2ccc(Cl)cc2)C1. The van der Waals surface area contributed by atoms with E-state index in [1.807, 2.05) is 12.1 Å². The number of ether oxygens (including phenoxy) is 1. The topological polar surface area (TPSA) is 63.1 Å². The van der Waals surface area contributed by atoms with Crippen molar-refractivity contribution in [1.29, 1.82) is 0 Å². The molecule has 3 rings (SSSR count). The second-order valence-corrected chi connectivity index (χ2v) is 6.72. The molecule has 1 atom stereocenters. The molecule has 130 valence electrons. The van der Waals surface area contributed by atoms with Gasteiger partial charge in [0.15, 0.2) is 0 Å². The summed E-state index contributed by atoms with van der Waals surface area (Å²) in [7, 11) is 0. The number of carbonyl (C=O) groups excluding carboxylic acids is 2. The zero-order valence-corrected chi connectivity index (χ0v) is 14.3. The van der Waals surface area contributed by atoms with Gasteiger partial charge in [-0.2, -0.15) is 0 Å². The van der Waals surface area contributed by atoms with Gasteiger partial charge in [-0.25, -0.2) is 0 Å². The van der Waals surface area contributed by atoms with Crippen molar-refractivity contribution in [2.45, 2.75) is 6.42 Å². The zero-order chi connectivity index (χ0) is 16.9. The monoisotopic (exact) mass is 352 g/mol. The van der Waals surface area contributed by atoms with Crippen LogP contribution in [-0.2, 0) is 14.3 Å². The summed E-state index contributed by atoms with van der Waals surface area (Å²) in [6.45, 7) is 5.52. The third-order valence-corrected chi connectivity index (χ3v) is 4.86. The Morgan fingerprint density at radius 3 is 2.71 bits per heavy atom. The summed E-state index contributed by atoms with van der Waals surface area (Å²) >= 11 is 5.88. The molecular weight excluding hydrogens is 330 g/mol. The smallest absolute Gasteiger partial charge is 0.227 e. The van der Waals surface area contributed by atoms with E-state index in [1.54, 1.807) is 17.0 Å². The molecule has 0 aromatic heterocycles. The van der Waals surface area contributed by atoms with Crippen LogP contribution in [-0.4, -0.2) is 57.8 Å². The molecule has 24 heavy (non-hydrogen) atoms. The number of quaternary nitrogens is 1. The highest BCUT2D eigenvalue weighted by Crippen LogP contribution is 2.26. The molecule has 0 spiro atoms. The van der Waals surface area contributed by atoms with E-state index in [1.165, 1.54) is 4.90 Å². The minimum Gasteiger partial charge on any atom is -0.370 e. The molecule has 1 aromatic rings. The maximum atomic E-state index is 12.3. The number of amides is 2. The van der Waals surface area contributed by atoms with Gasteiger partial charge in [0, 0.05) is 23.7 Å². The van der Waals surface area contributed by atoms with Crippen LogP contribution in [0.4, 0.5) is 5.69 Å². The fraction of sp³-hybridized carbons (Fsp3) is 0.529. The van der Waals surface area contributed by atoms with E-state index in [0.717, 1.165) is 38.5 Å². The van der Waals surface area contributed by atoms with Gasteiger partial charge in [0.25, 0.3) is 0 Å². The number of hydrogen-bond donors (Lipinski definition) is 2. The highest BCUT2D eigenvalue weighted by molar-refractivity contribution is 6.30. The predicted octanol–water partition coefficient (Wildman–Crippen LogP) is -0.276. The summed E-state index contributed by atoms with van der Waals surface area (Å²) in [4.78, 5) is 27.6. The van der Waals surface area contributed by atoms with Crippen LogP contribution in [0.1, 0.15) is 6.42 Å². The lowest BCUT2D eigenvalue weighted by Crippen LogP contribution is -3.14. The first-order valence-electron chi connectivity index (χ1n) is 8.38. The molecule has 0 saturated carbocycles. The van der Waals surface area contributed by atoms with Gasteiger partial charge in [0.2, 0.25) is 11.8 Å². The van der Waals surface area contributed by atoms with E-state index in [9.17, 15) is 9.59 Å². The lowest BCUT2D eigenvalue weighted by molar-refractivity contribution is -0.906. The first kappa shape index (κ1) is 17.2. The third-order valence-electron chi connectivity index (χ3n) is 4.61. The van der Waals surface area contributed by atoms with Crippen molar-refractivity contribution in [3.05, 3.63) is 29.3 Å². The Morgan fingerprint density at radius 2 is 2.00 bits per heavy atom. The molecule has 7 heteroatoms. The van der Waals surface area contributed by atoms with Crippen LogP contribution in [0.3, 0.4) is 0 Å². The van der Waals surface area contributed by atoms with Crippen molar-refractivity contribution in [1.82, 2.24) is 5.32 Å². The van der Waals surface area contributed by atoms with Gasteiger partial charge >= 0.3 is 0 Å². The molecular formula is C17H23ClN3O3+. The van der Waals surface area contributed by atoms with Crippen molar-refractivity contribution >= 4 is 29.1 Å². The minimum absolute atomic E-state index is 0.0173. The molecule has 6 nitrogen and oxygen atoms in total. The number of hydrogen-bond acceptors (Lipinski definition) is 3. The van der Waals surface area contributed by atoms with Crippen molar-refractivity contribution in [3.63, 3.8) is 0 Å². The van der Waals surface area contributed by atoms with Gasteiger partial charge in [0.05, 0.1) is 32.2 Å². The highest BCUT2D eigenvalue weighted by Gasteiger charge is 2.35. The van der Waals surface area contributed by atoms with E-state index in [0.29, 0.717) is 18.1 Å². The van der Waals surface area contributed by atoms with Crippen molar-refractivity contribution in [2.75, 3.05) is 50.8 Å². The first-order chi connectivity index (χ1) is 11.6. The molecule has 0 radical (unpaired) electrons. The molecule has 2 N–H and O–H groups in total. The largest absolute Gasteiger partial charge is 0.370 e. The maximum absolute atomic E-state index is 12.3. The quantitative estimate of drug-likeness (QED) is 0.766. The number of nitrogens with zero attached hydrogens (tertiary/aromatic N) is 1.